The summed E-state index contributed by atoms with van der Waals surface area (Å²) in [6, 6.07) is 14.6. The Morgan fingerprint density at radius 2 is 1.70 bits per heavy atom. The summed E-state index contributed by atoms with van der Waals surface area (Å²) in [6.07, 6.45) is -2.37. The molecule has 1 fully saturated rings. The number of ether oxygens (including phenoxy) is 2. The quantitative estimate of drug-likeness (QED) is 0.573. The van der Waals surface area contributed by atoms with Crippen LogP contribution in [0.25, 0.3) is 11.3 Å². The number of carbonyl (C=O) groups is 2. The molecular formula is C25H19F2NO5. The molecule has 2 aliphatic rings. The van der Waals surface area contributed by atoms with Crippen molar-refractivity contribution >= 4 is 11.8 Å². The molecule has 6 nitrogen and oxygen atoms in total. The Balaban J connectivity index is 1.39. The number of hydrogen-bond donors (Lipinski definition) is 1. The van der Waals surface area contributed by atoms with Crippen LogP contribution in [-0.2, 0) is 16.6 Å². The van der Waals surface area contributed by atoms with E-state index in [2.05, 4.69) is 14.5 Å². The van der Waals surface area contributed by atoms with Gasteiger partial charge in [0.2, 0.25) is 0 Å². The highest BCUT2D eigenvalue weighted by atomic mass is 19.3. The van der Waals surface area contributed by atoms with Crippen molar-refractivity contribution in [2.75, 3.05) is 0 Å². The number of rotatable bonds is 6. The number of fused-ring (bicyclic) bond motifs is 1. The van der Waals surface area contributed by atoms with Gasteiger partial charge < -0.3 is 14.6 Å². The maximum atomic E-state index is 13.4. The highest BCUT2D eigenvalue weighted by Crippen LogP contribution is 2.52. The Hall–Kier alpha value is -3.81. The molecule has 0 spiro atoms. The van der Waals surface area contributed by atoms with Crippen LogP contribution in [0.3, 0.4) is 0 Å². The fourth-order valence-corrected chi connectivity index (χ4v) is 4.20. The van der Waals surface area contributed by atoms with E-state index >= 15 is 0 Å². The van der Waals surface area contributed by atoms with Crippen LogP contribution >= 0.6 is 0 Å². The summed E-state index contributed by atoms with van der Waals surface area (Å²) in [7, 11) is 0. The Kier molecular flexibility index (Phi) is 4.70. The second-order valence-electron chi connectivity index (χ2n) is 8.41. The van der Waals surface area contributed by atoms with E-state index in [1.54, 1.807) is 18.2 Å². The molecular weight excluding hydrogens is 432 g/mol. The lowest BCUT2D eigenvalue weighted by Crippen LogP contribution is -2.26. The summed E-state index contributed by atoms with van der Waals surface area (Å²) < 4.78 is 35.7. The van der Waals surface area contributed by atoms with Gasteiger partial charge in [-0.1, -0.05) is 18.2 Å². The molecule has 2 heterocycles. The SMILES string of the molecule is Cc1cc(CC(=O)C2(c3ccc4c(c3)OC(F)(F)O4)CC2)nc(-c2ccc(C(=O)O)cc2)c1. The lowest BCUT2D eigenvalue weighted by atomic mass is 9.88. The molecule has 1 aliphatic heterocycles. The van der Waals surface area contributed by atoms with Crippen LogP contribution in [0.15, 0.2) is 54.6 Å². The first-order chi connectivity index (χ1) is 15.6. The van der Waals surface area contributed by atoms with E-state index in [0.717, 1.165) is 11.1 Å². The zero-order valence-corrected chi connectivity index (χ0v) is 17.6. The predicted molar refractivity (Wildman–Crippen MR) is 114 cm³/mol. The van der Waals surface area contributed by atoms with Crippen LogP contribution in [-0.4, -0.2) is 28.1 Å². The van der Waals surface area contributed by atoms with E-state index in [0.29, 0.717) is 29.8 Å². The lowest BCUT2D eigenvalue weighted by Gasteiger charge is -2.15. The van der Waals surface area contributed by atoms with Gasteiger partial charge in [-0.2, -0.15) is 0 Å². The maximum Gasteiger partial charge on any atom is 0.586 e. The molecule has 0 amide bonds. The second kappa shape index (κ2) is 7.37. The Morgan fingerprint density at radius 3 is 2.36 bits per heavy atom. The number of hydrogen-bond acceptors (Lipinski definition) is 5. The molecule has 5 rings (SSSR count). The van der Waals surface area contributed by atoms with Crippen molar-refractivity contribution in [3.63, 3.8) is 0 Å². The van der Waals surface area contributed by atoms with Crippen LogP contribution in [0.2, 0.25) is 0 Å². The fourth-order valence-electron chi connectivity index (χ4n) is 4.20. The molecule has 0 bridgehead atoms. The van der Waals surface area contributed by atoms with Crippen molar-refractivity contribution in [2.45, 2.75) is 37.9 Å². The number of carboxylic acid groups (broad SMARTS) is 1. The highest BCUT2D eigenvalue weighted by molar-refractivity contribution is 5.94. The fraction of sp³-hybridized carbons (Fsp3) is 0.240. The van der Waals surface area contributed by atoms with E-state index in [9.17, 15) is 18.4 Å². The van der Waals surface area contributed by atoms with Gasteiger partial charge in [-0.25, -0.2) is 4.79 Å². The van der Waals surface area contributed by atoms with Crippen LogP contribution in [0, 0.1) is 6.92 Å². The normalized spacial score (nSPS) is 16.9. The number of carboxylic acids is 1. The number of pyridine rings is 1. The molecule has 1 saturated carbocycles. The van der Waals surface area contributed by atoms with Gasteiger partial charge >= 0.3 is 12.3 Å². The van der Waals surface area contributed by atoms with Crippen LogP contribution in [0.1, 0.15) is 40.0 Å². The molecule has 0 unspecified atom stereocenters. The number of halogens is 2. The highest BCUT2D eigenvalue weighted by Gasteiger charge is 2.52. The molecule has 168 valence electrons. The molecule has 0 atom stereocenters. The monoisotopic (exact) mass is 451 g/mol. The number of aromatic nitrogens is 1. The summed E-state index contributed by atoms with van der Waals surface area (Å²) in [4.78, 5) is 29.0. The minimum absolute atomic E-state index is 0.0431. The number of aromatic carboxylic acids is 1. The molecule has 1 N–H and O–H groups in total. The molecule has 0 saturated heterocycles. The summed E-state index contributed by atoms with van der Waals surface area (Å²) in [5, 5.41) is 9.08. The van der Waals surface area contributed by atoms with Gasteiger partial charge in [0.15, 0.2) is 11.5 Å². The number of aryl methyl sites for hydroxylation is 1. The molecule has 1 aromatic heterocycles. The average Bonchev–Trinajstić information content (AvgIpc) is 3.50. The number of alkyl halides is 2. The summed E-state index contributed by atoms with van der Waals surface area (Å²) in [5.74, 6) is -1.17. The number of benzene rings is 2. The third-order valence-electron chi connectivity index (χ3n) is 6.03. The zero-order valence-electron chi connectivity index (χ0n) is 17.6. The van der Waals surface area contributed by atoms with Gasteiger partial charge in [0, 0.05) is 17.7 Å². The van der Waals surface area contributed by atoms with Gasteiger partial charge in [-0.05, 0) is 67.3 Å². The number of ketones is 1. The molecule has 33 heavy (non-hydrogen) atoms. The Labute approximate surface area is 187 Å². The van der Waals surface area contributed by atoms with Crippen molar-refractivity contribution in [3.8, 4) is 22.8 Å². The summed E-state index contributed by atoms with van der Waals surface area (Å²) in [6.45, 7) is 1.90. The summed E-state index contributed by atoms with van der Waals surface area (Å²) >= 11 is 0. The molecule has 2 aromatic carbocycles. The van der Waals surface area contributed by atoms with E-state index in [4.69, 9.17) is 5.11 Å². The smallest absolute Gasteiger partial charge is 0.478 e. The van der Waals surface area contributed by atoms with Gasteiger partial charge in [0.25, 0.3) is 0 Å². The second-order valence-corrected chi connectivity index (χ2v) is 8.41. The van der Waals surface area contributed by atoms with E-state index in [-0.39, 0.29) is 29.3 Å². The molecule has 8 heteroatoms. The minimum atomic E-state index is -3.70. The first kappa shape index (κ1) is 21.1. The van der Waals surface area contributed by atoms with Crippen LogP contribution in [0.4, 0.5) is 8.78 Å². The maximum absolute atomic E-state index is 13.4. The summed E-state index contributed by atoms with van der Waals surface area (Å²) in [5.41, 5.74) is 2.96. The largest absolute Gasteiger partial charge is 0.586 e. The van der Waals surface area contributed by atoms with E-state index < -0.39 is 17.7 Å². The molecule has 3 aromatic rings. The van der Waals surface area contributed by atoms with Gasteiger partial charge in [-0.15, -0.1) is 8.78 Å². The Bertz CT molecular complexity index is 1280. The Morgan fingerprint density at radius 1 is 1.00 bits per heavy atom. The number of nitrogens with zero attached hydrogens (tertiary/aromatic N) is 1. The number of Topliss-reactive ketones (excluding diaryl/α,β-unsaturated/α-hetero) is 1. The standard InChI is InChI=1S/C25H19F2NO5/c1-14-10-18(28-19(11-14)15-2-4-16(5-3-15)23(30)31)13-22(29)24(8-9-24)17-6-7-20-21(12-17)33-25(26,27)32-20/h2-7,10-12H,8-9,13H2,1H3,(H,30,31). The van der Waals surface area contributed by atoms with Crippen molar-refractivity contribution in [2.24, 2.45) is 0 Å². The van der Waals surface area contributed by atoms with Crippen LogP contribution < -0.4 is 9.47 Å². The van der Waals surface area contributed by atoms with Crippen LogP contribution in [0.5, 0.6) is 11.5 Å². The lowest BCUT2D eigenvalue weighted by molar-refractivity contribution is -0.286. The van der Waals surface area contributed by atoms with Gasteiger partial charge in [-0.3, -0.25) is 9.78 Å². The first-order valence-electron chi connectivity index (χ1n) is 10.4. The van der Waals surface area contributed by atoms with E-state index in [1.165, 1.54) is 24.3 Å². The van der Waals surface area contributed by atoms with Gasteiger partial charge in [0.1, 0.15) is 5.78 Å². The topological polar surface area (TPSA) is 85.7 Å². The predicted octanol–water partition coefficient (Wildman–Crippen LogP) is 4.92. The number of carbonyl (C=O) groups excluding carboxylic acids is 1. The van der Waals surface area contributed by atoms with Crippen molar-refractivity contribution in [1.82, 2.24) is 4.98 Å². The zero-order chi connectivity index (χ0) is 23.4. The third-order valence-corrected chi connectivity index (χ3v) is 6.03. The minimum Gasteiger partial charge on any atom is -0.478 e. The van der Waals surface area contributed by atoms with Crippen molar-refractivity contribution < 1.29 is 33.0 Å². The van der Waals surface area contributed by atoms with Crippen molar-refractivity contribution in [3.05, 3.63) is 77.0 Å². The van der Waals surface area contributed by atoms with E-state index in [1.807, 2.05) is 19.1 Å². The first-order valence-corrected chi connectivity index (χ1v) is 10.4. The average molecular weight is 451 g/mol. The van der Waals surface area contributed by atoms with Crippen molar-refractivity contribution in [1.29, 1.82) is 0 Å². The third kappa shape index (κ3) is 3.92. The van der Waals surface area contributed by atoms with Gasteiger partial charge in [0.05, 0.1) is 16.7 Å². The molecule has 0 radical (unpaired) electrons. The molecule has 1 aliphatic carbocycles.